The average molecular weight is 1830 g/mol. The van der Waals surface area contributed by atoms with Crippen molar-refractivity contribution in [2.75, 3.05) is 58.9 Å². The maximum absolute atomic E-state index is 15.6. The van der Waals surface area contributed by atoms with Gasteiger partial charge in [0.2, 0.25) is 94.5 Å². The Labute approximate surface area is 750 Å². The van der Waals surface area contributed by atoms with Crippen molar-refractivity contribution in [1.29, 1.82) is 0 Å². The van der Waals surface area contributed by atoms with E-state index < -0.39 is 254 Å². The Kier molecular flexibility index (Phi) is 34.9. The van der Waals surface area contributed by atoms with Crippen molar-refractivity contribution in [2.24, 2.45) is 5.73 Å². The fraction of sp³-hybridized carbons (Fsp3) is 0.500. The molecular formula is C86H113N21O22S. The highest BCUT2D eigenvalue weighted by Gasteiger charge is 2.48. The van der Waals surface area contributed by atoms with Gasteiger partial charge < -0.3 is 124 Å². The Morgan fingerprint density at radius 3 is 1.74 bits per heavy atom. The SMILES string of the molecule is CCCC[C@H]1C(=O)N(C)[C@@H](CCCC)C(=O)N[C@@H](C)C(=O)N[C@H](C(=O)NCC(N)=O)CSCC(=O)N[C@@H](Cc2ccc(O)cc2)C(=O)N(C)[C@@H]2NC(=O)C[C@H](NC2=O)C(=O)N2CCC[C@H]2C(=O)N[C@@H](Cc2cnc[nH]2)C(=O)N[C@@H](CCC(=O)O)C(=O)N2C[C@H](O)C[C@H]2C(=O)N[C@@H](Cc2c[nH]c3ccccc23)C(=O)N[C@@H](CO)C(=O)N[C@@H](Cc2c[nH]c3ccccc23)C(=O)N1C. The smallest absolute Gasteiger partial charge is 0.303 e. The van der Waals surface area contributed by atoms with Gasteiger partial charge in [0.15, 0.2) is 6.17 Å². The lowest BCUT2D eigenvalue weighted by Crippen LogP contribution is -2.61. The number of imidazole rings is 1. The molecule has 2 bridgehead atoms. The first-order valence-electron chi connectivity index (χ1n) is 43.0. The van der Waals surface area contributed by atoms with Gasteiger partial charge in [0.05, 0.1) is 37.8 Å². The van der Waals surface area contributed by atoms with Crippen LogP contribution in [0.3, 0.4) is 0 Å². The molecule has 10 rings (SSSR count). The summed E-state index contributed by atoms with van der Waals surface area (Å²) in [7, 11) is 3.80. The van der Waals surface area contributed by atoms with E-state index in [1.807, 2.05) is 13.8 Å². The summed E-state index contributed by atoms with van der Waals surface area (Å²) in [6.45, 7) is 2.39. The molecular weight excluding hydrogens is 1710 g/mol. The number of nitrogens with zero attached hydrogens (tertiary/aromatic N) is 6. The number of H-pyrrole nitrogens is 3. The van der Waals surface area contributed by atoms with Gasteiger partial charge in [-0.15, -0.1) is 11.8 Å². The quantitative estimate of drug-likeness (QED) is 0.0329. The topological polar surface area (TPSA) is 623 Å². The van der Waals surface area contributed by atoms with E-state index in [2.05, 4.69) is 78.4 Å². The molecule has 130 heavy (non-hydrogen) atoms. The zero-order chi connectivity index (χ0) is 94.3. The molecule has 0 unspecified atom stereocenters. The van der Waals surface area contributed by atoms with Crippen LogP contribution < -0.4 is 64.2 Å². The number of carboxylic acids is 1. The number of phenolic OH excluding ortho intramolecular Hbond substituents is 1. The summed E-state index contributed by atoms with van der Waals surface area (Å²) >= 11 is 0.757. The summed E-state index contributed by atoms with van der Waals surface area (Å²) in [5.41, 5.74) is 8.16. The van der Waals surface area contributed by atoms with Gasteiger partial charge in [-0.2, -0.15) is 0 Å². The third-order valence-electron chi connectivity index (χ3n) is 23.4. The molecule has 20 N–H and O–H groups in total. The Bertz CT molecular complexity index is 5150. The highest BCUT2D eigenvalue weighted by atomic mass is 32.2. The van der Waals surface area contributed by atoms with Crippen LogP contribution in [0.1, 0.15) is 120 Å². The van der Waals surface area contributed by atoms with Crippen LogP contribution >= 0.6 is 11.8 Å². The molecule has 17 amide bonds. The lowest BCUT2D eigenvalue weighted by atomic mass is 10.00. The maximum atomic E-state index is 15.6. The molecule has 3 aromatic carbocycles. The monoisotopic (exact) mass is 1820 g/mol. The number of hydrogen-bond acceptors (Lipinski definition) is 23. The van der Waals surface area contributed by atoms with Crippen LogP contribution in [-0.4, -0.2) is 321 Å². The number of aromatic nitrogens is 4. The third-order valence-corrected chi connectivity index (χ3v) is 24.4. The fourth-order valence-electron chi connectivity index (χ4n) is 16.2. The number of hydrogen-bond donors (Lipinski definition) is 19. The summed E-state index contributed by atoms with van der Waals surface area (Å²) in [5.74, 6) is -19.3. The Balaban J connectivity index is 0.996. The molecule has 7 heterocycles. The number of unbranched alkanes of at least 4 members (excludes halogenated alkanes) is 2. The summed E-state index contributed by atoms with van der Waals surface area (Å²) in [6, 6.07) is -1.45. The van der Waals surface area contributed by atoms with Crippen molar-refractivity contribution < 1.29 is 107 Å². The molecule has 6 aromatic rings. The molecule has 0 aliphatic carbocycles. The summed E-state index contributed by atoms with van der Waals surface area (Å²) < 4.78 is 0. The number of aliphatic carboxylic acids is 1. The number of benzene rings is 3. The molecule has 0 saturated carbocycles. The molecule has 700 valence electrons. The number of likely N-dealkylation sites (N-methyl/N-ethyl adjacent to an activating group) is 3. The van der Waals surface area contributed by atoms with Gasteiger partial charge in [-0.25, -0.2) is 4.98 Å². The largest absolute Gasteiger partial charge is 0.508 e. The summed E-state index contributed by atoms with van der Waals surface area (Å²) in [4.78, 5) is 279. The molecule has 4 fully saturated rings. The number of aromatic hydroxyl groups is 1. The van der Waals surface area contributed by atoms with E-state index in [-0.39, 0.29) is 69.4 Å². The lowest BCUT2D eigenvalue weighted by Gasteiger charge is -2.36. The zero-order valence-electron chi connectivity index (χ0n) is 72.8. The number of primary amides is 1. The highest BCUT2D eigenvalue weighted by Crippen LogP contribution is 2.28. The molecule has 0 spiro atoms. The first-order chi connectivity index (χ1) is 62.1. The van der Waals surface area contributed by atoms with Gasteiger partial charge in [-0.3, -0.25) is 86.3 Å². The molecule has 0 radical (unpaired) electrons. The second-order valence-corrected chi connectivity index (χ2v) is 33.8. The number of carbonyl (C=O) groups is 18. The molecule has 3 aromatic heterocycles. The summed E-state index contributed by atoms with van der Waals surface area (Å²) in [6.07, 6.45) is 0.237. The normalized spacial score (nSPS) is 25.6. The van der Waals surface area contributed by atoms with E-state index >= 15 is 28.8 Å². The second-order valence-electron chi connectivity index (χ2n) is 32.8. The van der Waals surface area contributed by atoms with Gasteiger partial charge in [-0.1, -0.05) is 88.1 Å². The highest BCUT2D eigenvalue weighted by molar-refractivity contribution is 8.00. The molecule has 4 saturated heterocycles. The second kappa shape index (κ2) is 46.0. The van der Waals surface area contributed by atoms with Crippen LogP contribution in [0.4, 0.5) is 0 Å². The Morgan fingerprint density at radius 1 is 0.554 bits per heavy atom. The van der Waals surface area contributed by atoms with Crippen LogP contribution in [0, 0.1) is 0 Å². The van der Waals surface area contributed by atoms with Crippen LogP contribution in [0.15, 0.2) is 97.7 Å². The number of para-hydroxylation sites is 2. The van der Waals surface area contributed by atoms with Crippen LogP contribution in [0.5, 0.6) is 5.75 Å². The van der Waals surface area contributed by atoms with Crippen molar-refractivity contribution >= 4 is 140 Å². The number of aliphatic hydroxyl groups excluding tert-OH is 2. The first-order valence-corrected chi connectivity index (χ1v) is 44.1. The van der Waals surface area contributed by atoms with E-state index in [0.29, 0.717) is 64.2 Å². The van der Waals surface area contributed by atoms with Gasteiger partial charge in [0.1, 0.15) is 84.3 Å². The van der Waals surface area contributed by atoms with Gasteiger partial charge in [0.25, 0.3) is 5.91 Å². The average Bonchev–Trinajstić information content (AvgIpc) is 1.32. The van der Waals surface area contributed by atoms with E-state index in [1.165, 1.54) is 57.8 Å². The number of carbonyl (C=O) groups excluding carboxylic acids is 17. The Morgan fingerprint density at radius 2 is 1.12 bits per heavy atom. The third kappa shape index (κ3) is 25.7. The number of phenols is 1. The van der Waals surface area contributed by atoms with Crippen molar-refractivity contribution in [3.8, 4) is 5.75 Å². The van der Waals surface area contributed by atoms with Gasteiger partial charge >= 0.3 is 5.97 Å². The predicted molar refractivity (Wildman–Crippen MR) is 467 cm³/mol. The number of fused-ring (bicyclic) bond motifs is 7. The van der Waals surface area contributed by atoms with Crippen LogP contribution in [-0.2, 0) is 112 Å². The maximum Gasteiger partial charge on any atom is 0.303 e. The number of nitrogens with two attached hydrogens (primary N) is 1. The molecule has 15 atom stereocenters. The van der Waals surface area contributed by atoms with Gasteiger partial charge in [0, 0.05) is 125 Å². The molecule has 4 aliphatic rings. The first kappa shape index (κ1) is 98.7. The molecule has 4 aliphatic heterocycles. The van der Waals surface area contributed by atoms with E-state index in [0.717, 1.165) is 43.3 Å². The number of rotatable bonds is 21. The van der Waals surface area contributed by atoms with Crippen molar-refractivity contribution in [3.63, 3.8) is 0 Å². The summed E-state index contributed by atoms with van der Waals surface area (Å²) in [5, 5.41) is 72.1. The van der Waals surface area contributed by atoms with Gasteiger partial charge in [-0.05, 0) is 80.0 Å². The minimum Gasteiger partial charge on any atom is -0.508 e. The van der Waals surface area contributed by atoms with E-state index in [9.17, 15) is 78.0 Å². The lowest BCUT2D eigenvalue weighted by molar-refractivity contribution is -0.149. The minimum absolute atomic E-state index is 0.00161. The van der Waals surface area contributed by atoms with Crippen molar-refractivity contribution in [3.05, 3.63) is 120 Å². The number of aromatic amines is 3. The minimum atomic E-state index is -1.92. The predicted octanol–water partition coefficient (Wildman–Crippen LogP) is -3.77. The number of nitrogens with one attached hydrogen (secondary N) is 14. The molecule has 43 nitrogen and oxygen atoms in total. The number of aliphatic hydroxyl groups is 2. The molecule has 44 heteroatoms. The number of carboxylic acid groups (broad SMARTS) is 1. The number of amides is 17. The number of thioether (sulfide) groups is 1. The Hall–Kier alpha value is -13.5. The standard InChI is InChI=1S/C86H113N21O22S/c1-7-9-20-64-78(121)93-45(3)73(116)101-63(74(117)91-39-68(87)111)42-130-43-70(113)94-59(30-46-23-25-50(109)26-24-46)83(126)105(6)72-81(124)99-61(35-69(112)102-72)85(128)106-29-15-22-65(106)79(122)97-58(33-49-38-88-44-92-49)76(119)95-56(27-28-71(114)115)84(127)107-40-51(110)34-67(107)80(123)96-57(31-47-36-89-54-18-13-11-16-52(47)54)75(118)100-62(41-108)77(120)98-60(32-48-37-90-55-19-14-12-17-53(48)55)82(125)104(5)66(21-10-8-2)86(129)103(64)4/h11-14,16-19,23-26,36-38,44-45,51,56-67,72,89-90,108-110H,7-10,15,20-22,27-35,39-43H2,1-6H3,(H2,87,111)(H,88,92)(H,91,117)(H,93,121)(H,94,113)(H,95,119)(H,96,123)(H,97,122)(H,98,120)(H,99,124)(H,100,118)(H,101,116)(H,102,112)(H,114,115)/t45-,51+,56-,57-,58-,59-,60-,61-,62-,63-,64-,65-,66-,67-,72-/m0/s1. The fourth-order valence-corrected chi connectivity index (χ4v) is 17.1. The van der Waals surface area contributed by atoms with Crippen molar-refractivity contribution in [2.45, 2.75) is 214 Å². The van der Waals surface area contributed by atoms with E-state index in [1.54, 1.807) is 60.9 Å². The van der Waals surface area contributed by atoms with Crippen LogP contribution in [0.25, 0.3) is 21.8 Å². The van der Waals surface area contributed by atoms with E-state index in [4.69, 9.17) is 5.73 Å². The van der Waals surface area contributed by atoms with Crippen molar-refractivity contribution in [1.82, 2.24) is 103 Å². The van der Waals surface area contributed by atoms with Crippen LogP contribution in [0.2, 0.25) is 0 Å². The zero-order valence-corrected chi connectivity index (χ0v) is 73.6.